The zero-order chi connectivity index (χ0) is 18.1. The Labute approximate surface area is 153 Å². The van der Waals surface area contributed by atoms with Gasteiger partial charge in [0.25, 0.3) is 0 Å². The van der Waals surface area contributed by atoms with Gasteiger partial charge in [0.05, 0.1) is 12.1 Å². The summed E-state index contributed by atoms with van der Waals surface area (Å²) in [5.41, 5.74) is 3.18. The van der Waals surface area contributed by atoms with Crippen molar-refractivity contribution in [1.29, 1.82) is 0 Å². The highest BCUT2D eigenvalue weighted by atomic mass is 79.9. The molecule has 25 heavy (non-hydrogen) atoms. The fourth-order valence-corrected chi connectivity index (χ4v) is 3.59. The minimum Gasteiger partial charge on any atom is -0.477 e. The van der Waals surface area contributed by atoms with Gasteiger partial charge in [0.1, 0.15) is 5.69 Å². The molecule has 2 aromatic carbocycles. The number of anilines is 1. The van der Waals surface area contributed by atoms with E-state index in [1.54, 1.807) is 11.6 Å². The van der Waals surface area contributed by atoms with E-state index in [4.69, 9.17) is 0 Å². The summed E-state index contributed by atoms with van der Waals surface area (Å²) in [6.45, 7) is 1.96. The molecule has 3 rings (SSSR count). The molecule has 0 fully saturated rings. The summed E-state index contributed by atoms with van der Waals surface area (Å²) in [4.78, 5) is 24.2. The maximum absolute atomic E-state index is 12.5. The first-order chi connectivity index (χ1) is 11.9. The van der Waals surface area contributed by atoms with E-state index in [1.165, 1.54) is 0 Å². The van der Waals surface area contributed by atoms with Gasteiger partial charge < -0.3 is 15.0 Å². The number of hydrogen-bond acceptors (Lipinski definition) is 2. The minimum atomic E-state index is -1.04. The van der Waals surface area contributed by atoms with E-state index in [1.807, 2.05) is 49.4 Å². The molecule has 0 spiro atoms. The van der Waals surface area contributed by atoms with Crippen LogP contribution in [0.3, 0.4) is 0 Å². The lowest BCUT2D eigenvalue weighted by Crippen LogP contribution is -2.17. The van der Waals surface area contributed by atoms with Crippen molar-refractivity contribution in [3.8, 4) is 0 Å². The number of halogens is 1. The molecule has 3 aromatic rings. The van der Waals surface area contributed by atoms with Crippen molar-refractivity contribution < 1.29 is 14.7 Å². The Morgan fingerprint density at radius 1 is 1.20 bits per heavy atom. The number of aromatic carboxylic acids is 1. The van der Waals surface area contributed by atoms with Crippen molar-refractivity contribution >= 4 is 44.4 Å². The number of nitrogens with zero attached hydrogens (tertiary/aromatic N) is 1. The molecule has 0 aliphatic heterocycles. The van der Waals surface area contributed by atoms with Crippen molar-refractivity contribution in [2.45, 2.75) is 13.3 Å². The molecule has 6 heteroatoms. The van der Waals surface area contributed by atoms with Crippen LogP contribution in [0.2, 0.25) is 0 Å². The number of hydrogen-bond donors (Lipinski definition) is 2. The van der Waals surface area contributed by atoms with Crippen LogP contribution in [-0.2, 0) is 18.3 Å². The Hall–Kier alpha value is -2.60. The molecule has 128 valence electrons. The van der Waals surface area contributed by atoms with Gasteiger partial charge in [-0.3, -0.25) is 4.79 Å². The van der Waals surface area contributed by atoms with Crippen LogP contribution in [0.15, 0.2) is 46.9 Å². The van der Waals surface area contributed by atoms with E-state index in [9.17, 15) is 14.7 Å². The van der Waals surface area contributed by atoms with E-state index in [0.717, 1.165) is 20.9 Å². The number of amides is 1. The molecule has 0 aliphatic carbocycles. The summed E-state index contributed by atoms with van der Waals surface area (Å²) in [5.74, 6) is -1.30. The smallest absolute Gasteiger partial charge is 0.352 e. The normalized spacial score (nSPS) is 10.8. The average molecular weight is 401 g/mol. The maximum atomic E-state index is 12.5. The number of rotatable bonds is 4. The highest BCUT2D eigenvalue weighted by molar-refractivity contribution is 9.10. The lowest BCUT2D eigenvalue weighted by molar-refractivity contribution is -0.115. The van der Waals surface area contributed by atoms with Crippen LogP contribution < -0.4 is 5.32 Å². The van der Waals surface area contributed by atoms with E-state index < -0.39 is 5.97 Å². The lowest BCUT2D eigenvalue weighted by Gasteiger charge is -2.09. The molecule has 2 N–H and O–H groups in total. The zero-order valence-electron chi connectivity index (χ0n) is 13.8. The van der Waals surface area contributed by atoms with Crippen molar-refractivity contribution in [2.24, 2.45) is 7.05 Å². The van der Waals surface area contributed by atoms with Gasteiger partial charge in [-0.25, -0.2) is 4.79 Å². The van der Waals surface area contributed by atoms with Crippen LogP contribution in [-0.4, -0.2) is 21.6 Å². The monoisotopic (exact) mass is 400 g/mol. The molecule has 0 saturated carbocycles. The number of aryl methyl sites for hydroxylation is 2. The van der Waals surface area contributed by atoms with Gasteiger partial charge in [0, 0.05) is 28.0 Å². The number of para-hydroxylation sites is 1. The van der Waals surface area contributed by atoms with Gasteiger partial charge in [-0.15, -0.1) is 0 Å². The summed E-state index contributed by atoms with van der Waals surface area (Å²) in [7, 11) is 1.70. The van der Waals surface area contributed by atoms with Crippen molar-refractivity contribution in [1.82, 2.24) is 4.57 Å². The second kappa shape index (κ2) is 6.72. The quantitative estimate of drug-likeness (QED) is 0.691. The first-order valence-corrected chi connectivity index (χ1v) is 8.53. The van der Waals surface area contributed by atoms with E-state index >= 15 is 0 Å². The Balaban J connectivity index is 1.96. The first-order valence-electron chi connectivity index (χ1n) is 7.74. The predicted octanol–water partition coefficient (Wildman–Crippen LogP) is 4.13. The maximum Gasteiger partial charge on any atom is 0.352 e. The second-order valence-corrected chi connectivity index (χ2v) is 6.77. The Morgan fingerprint density at radius 2 is 1.92 bits per heavy atom. The van der Waals surface area contributed by atoms with Crippen LogP contribution in [0.4, 0.5) is 5.69 Å². The third kappa shape index (κ3) is 3.30. The summed E-state index contributed by atoms with van der Waals surface area (Å²) in [6.07, 6.45) is -0.0106. The zero-order valence-corrected chi connectivity index (χ0v) is 15.4. The number of carbonyl (C=O) groups excluding carboxylic acids is 1. The number of benzene rings is 2. The molecular weight excluding hydrogens is 384 g/mol. The number of carboxylic acid groups (broad SMARTS) is 1. The highest BCUT2D eigenvalue weighted by Gasteiger charge is 2.22. The van der Waals surface area contributed by atoms with Crippen molar-refractivity contribution in [2.75, 3.05) is 5.32 Å². The van der Waals surface area contributed by atoms with Gasteiger partial charge in [-0.05, 0) is 46.6 Å². The minimum absolute atomic E-state index is 0.0106. The molecule has 1 aromatic heterocycles. The lowest BCUT2D eigenvalue weighted by atomic mass is 10.1. The Bertz CT molecular complexity index is 992. The Kier molecular flexibility index (Phi) is 4.63. The molecule has 0 atom stereocenters. The van der Waals surface area contributed by atoms with Gasteiger partial charge >= 0.3 is 5.97 Å². The number of carbonyl (C=O) groups is 2. The number of nitrogens with one attached hydrogen (secondary N) is 1. The summed E-state index contributed by atoms with van der Waals surface area (Å²) >= 11 is 3.43. The molecule has 1 amide bonds. The molecule has 0 aliphatic rings. The van der Waals surface area contributed by atoms with E-state index in [0.29, 0.717) is 11.3 Å². The average Bonchev–Trinajstić information content (AvgIpc) is 2.83. The molecule has 0 unspecified atom stereocenters. The molecule has 5 nitrogen and oxygen atoms in total. The number of fused-ring (bicyclic) bond motifs is 1. The highest BCUT2D eigenvalue weighted by Crippen LogP contribution is 2.27. The van der Waals surface area contributed by atoms with E-state index in [-0.39, 0.29) is 18.0 Å². The number of aromatic nitrogens is 1. The summed E-state index contributed by atoms with van der Waals surface area (Å²) < 4.78 is 2.40. The van der Waals surface area contributed by atoms with Crippen LogP contribution in [0.1, 0.15) is 21.6 Å². The third-order valence-electron chi connectivity index (χ3n) is 4.15. The van der Waals surface area contributed by atoms with Gasteiger partial charge in [0.2, 0.25) is 5.91 Å². The van der Waals surface area contributed by atoms with Crippen molar-refractivity contribution in [3.63, 3.8) is 0 Å². The fraction of sp³-hybridized carbons (Fsp3) is 0.158. The number of carboxylic acids is 1. The largest absolute Gasteiger partial charge is 0.477 e. The van der Waals surface area contributed by atoms with Gasteiger partial charge in [-0.1, -0.05) is 24.3 Å². The summed E-state index contributed by atoms with van der Waals surface area (Å²) in [6, 6.07) is 13.0. The first kappa shape index (κ1) is 17.2. The third-order valence-corrected chi connectivity index (χ3v) is 4.81. The molecular formula is C19H17BrN2O3. The predicted molar refractivity (Wildman–Crippen MR) is 101 cm³/mol. The summed E-state index contributed by atoms with van der Waals surface area (Å²) in [5, 5.41) is 13.2. The van der Waals surface area contributed by atoms with Crippen LogP contribution in [0.25, 0.3) is 10.9 Å². The molecule has 1 heterocycles. The van der Waals surface area contributed by atoms with Crippen LogP contribution in [0.5, 0.6) is 0 Å². The van der Waals surface area contributed by atoms with Gasteiger partial charge in [-0.2, -0.15) is 0 Å². The van der Waals surface area contributed by atoms with Gasteiger partial charge in [0.15, 0.2) is 0 Å². The van der Waals surface area contributed by atoms with Crippen molar-refractivity contribution in [3.05, 3.63) is 63.8 Å². The fourth-order valence-electron chi connectivity index (χ4n) is 3.00. The van der Waals surface area contributed by atoms with E-state index in [2.05, 4.69) is 21.2 Å². The molecule has 0 saturated heterocycles. The second-order valence-electron chi connectivity index (χ2n) is 5.92. The topological polar surface area (TPSA) is 71.3 Å². The van der Waals surface area contributed by atoms with Crippen LogP contribution >= 0.6 is 15.9 Å². The molecule has 0 bridgehead atoms. The Morgan fingerprint density at radius 3 is 2.60 bits per heavy atom. The standard InChI is InChI=1S/C19H17BrN2O3/c1-11-7-8-15(14(20)9-11)21-17(23)10-13-12-5-3-4-6-16(12)22(2)18(13)19(24)25/h3-9H,10H2,1-2H3,(H,21,23)(H,24,25). The van der Waals surface area contributed by atoms with Crippen LogP contribution in [0, 0.1) is 6.92 Å². The molecule has 0 radical (unpaired) electrons. The SMILES string of the molecule is Cc1ccc(NC(=O)Cc2c(C(=O)O)n(C)c3ccccc23)c(Br)c1.